The van der Waals surface area contributed by atoms with Gasteiger partial charge < -0.3 is 29.2 Å². The lowest BCUT2D eigenvalue weighted by Gasteiger charge is -2.53. The molecule has 6 aromatic carbocycles. The van der Waals surface area contributed by atoms with Crippen LogP contribution in [-0.2, 0) is 62.3 Å². The summed E-state index contributed by atoms with van der Waals surface area (Å²) in [5.74, 6) is -1.99. The van der Waals surface area contributed by atoms with Crippen molar-refractivity contribution in [3.63, 3.8) is 0 Å². The molecule has 5 fully saturated rings. The fourth-order valence-electron chi connectivity index (χ4n) is 17.4. The molecule has 13 nitrogen and oxygen atoms in total. The summed E-state index contributed by atoms with van der Waals surface area (Å²) in [5.41, 5.74) is 15.3. The molecule has 0 amide bonds. The zero-order valence-electron chi connectivity index (χ0n) is 59.6. The number of fused-ring (bicyclic) bond motifs is 8. The largest absolute Gasteiger partial charge is 0.386 e. The van der Waals surface area contributed by atoms with Crippen molar-refractivity contribution in [2.75, 3.05) is 0 Å². The Morgan fingerprint density at radius 2 is 0.741 bits per heavy atom. The minimum atomic E-state index is -0.882. The van der Waals surface area contributed by atoms with Crippen LogP contribution in [0, 0.1) is 33.7 Å². The van der Waals surface area contributed by atoms with Crippen molar-refractivity contribution < 1.29 is 47.1 Å². The first-order chi connectivity index (χ1) is 51.5. The highest BCUT2D eigenvalue weighted by Gasteiger charge is 2.65. The lowest BCUT2D eigenvalue weighted by Crippen LogP contribution is -2.56. The second kappa shape index (κ2) is 32.7. The van der Waals surface area contributed by atoms with E-state index in [0.29, 0.717) is 18.6 Å². The maximum absolute atomic E-state index is 13.6. The van der Waals surface area contributed by atoms with E-state index in [2.05, 4.69) is 123 Å². The highest BCUT2D eigenvalue weighted by molar-refractivity contribution is 5.92. The number of ether oxygens (including phenoxy) is 4. The number of nitrogens with zero attached hydrogens (tertiary/aromatic N) is 6. The van der Waals surface area contributed by atoms with Gasteiger partial charge in [0.2, 0.25) is 0 Å². The topological polar surface area (TPSA) is 148 Å². The SMILES string of the molecule is C.C.C=C[C@@H](O)[C@H](O)C=C.C=C[C@H]1OC2(CCCC3=Cc4c(cnn4-c4ccc(F)cc4)C[C@@]32Cc2ccccc2)O[C@@H]1C=C.C=C[C@H]1OC2(CCCC3=Cc4c(cnn4-c4ccc(F)cc4)C[C@@]32Cc2ccccc2)O[C@@H]1C=C.O=C1CCCC2=Cc3c(cnn3-c3ccc(F)cc3)C[C@]12Cc1ccccc1. The van der Waals surface area contributed by atoms with Gasteiger partial charge in [-0.1, -0.05) is 159 Å². The van der Waals surface area contributed by atoms with Crippen molar-refractivity contribution >= 4 is 24.0 Å². The number of hydrogen-bond donors (Lipinski definition) is 2. The smallest absolute Gasteiger partial charge is 0.180 e. The Hall–Kier alpha value is -10.2. The van der Waals surface area contributed by atoms with E-state index in [1.54, 1.807) is 36.4 Å². The van der Waals surface area contributed by atoms with E-state index in [-0.39, 0.29) is 67.6 Å². The van der Waals surface area contributed by atoms with Crippen LogP contribution < -0.4 is 0 Å². The van der Waals surface area contributed by atoms with Gasteiger partial charge in [0.05, 0.1) is 69.0 Å². The second-order valence-corrected chi connectivity index (χ2v) is 28.8. The van der Waals surface area contributed by atoms with Gasteiger partial charge in [0, 0.05) is 19.3 Å². The van der Waals surface area contributed by atoms with E-state index in [4.69, 9.17) is 39.4 Å². The van der Waals surface area contributed by atoms with Gasteiger partial charge in [-0.2, -0.15) is 15.3 Å². The molecule has 2 aliphatic heterocycles. The van der Waals surface area contributed by atoms with Crippen molar-refractivity contribution in [2.24, 2.45) is 16.2 Å². The van der Waals surface area contributed by atoms with Gasteiger partial charge in [0.25, 0.3) is 0 Å². The molecule has 3 aromatic heterocycles. The van der Waals surface area contributed by atoms with Crippen LogP contribution in [-0.4, -0.2) is 93.5 Å². The molecule has 3 saturated carbocycles. The number of aromatic nitrogens is 6. The summed E-state index contributed by atoms with van der Waals surface area (Å²) in [4.78, 5) is 13.2. The second-order valence-electron chi connectivity index (χ2n) is 28.8. The zero-order valence-corrected chi connectivity index (χ0v) is 59.6. The molecular weight excluding hydrogens is 1360 g/mol. The predicted octanol–water partition coefficient (Wildman–Crippen LogP) is 18.7. The molecule has 17 rings (SSSR count). The number of aliphatic hydroxyl groups is 2. The summed E-state index contributed by atoms with van der Waals surface area (Å²) < 4.78 is 73.2. The zero-order chi connectivity index (χ0) is 73.8. The molecule has 0 radical (unpaired) electrons. The van der Waals surface area contributed by atoms with Gasteiger partial charge >= 0.3 is 0 Å². The molecular formula is C92H97F3N6O7. The number of halogens is 3. The predicted molar refractivity (Wildman–Crippen MR) is 422 cm³/mol. The average molecular weight is 1460 g/mol. The summed E-state index contributed by atoms with van der Waals surface area (Å²) >= 11 is 0. The molecule has 9 atom stereocenters. The van der Waals surface area contributed by atoms with Crippen molar-refractivity contribution in [3.8, 4) is 17.1 Å². The van der Waals surface area contributed by atoms with Crippen LogP contribution in [0.3, 0.4) is 0 Å². The Morgan fingerprint density at radius 3 is 1.07 bits per heavy atom. The molecule has 0 unspecified atom stereocenters. The summed E-state index contributed by atoms with van der Waals surface area (Å²) in [6.07, 6.45) is 32.1. The summed E-state index contributed by atoms with van der Waals surface area (Å²) in [5, 5.41) is 31.3. The maximum Gasteiger partial charge on any atom is 0.180 e. The maximum atomic E-state index is 13.6. The Balaban J connectivity index is 0.000000143. The van der Waals surface area contributed by atoms with Crippen molar-refractivity contribution in [1.29, 1.82) is 0 Å². The fourth-order valence-corrected chi connectivity index (χ4v) is 17.4. The molecule has 8 aliphatic rings. The lowest BCUT2D eigenvalue weighted by molar-refractivity contribution is -0.248. The third-order valence-electron chi connectivity index (χ3n) is 22.6. The van der Waals surface area contributed by atoms with Crippen molar-refractivity contribution in [1.82, 2.24) is 29.3 Å². The van der Waals surface area contributed by atoms with Gasteiger partial charge in [-0.05, 0) is 201 Å². The fraction of sp³-hybridized carbons (Fsp3) is 0.304. The normalized spacial score (nSPS) is 23.9. The van der Waals surface area contributed by atoms with Crippen LogP contribution >= 0.6 is 0 Å². The van der Waals surface area contributed by atoms with Crippen LogP contribution in [0.2, 0.25) is 0 Å². The van der Waals surface area contributed by atoms with Gasteiger partial charge in [-0.3, -0.25) is 4.79 Å². The number of hydrogen-bond acceptors (Lipinski definition) is 10. The van der Waals surface area contributed by atoms with E-state index in [1.165, 1.54) is 82.0 Å². The first-order valence-corrected chi connectivity index (χ1v) is 36.6. The minimum Gasteiger partial charge on any atom is -0.386 e. The molecule has 108 heavy (non-hydrogen) atoms. The van der Waals surface area contributed by atoms with Crippen LogP contribution in [0.5, 0.6) is 0 Å². The number of carbonyl (C=O) groups excluding carboxylic acids is 1. The monoisotopic (exact) mass is 1450 g/mol. The minimum absolute atomic E-state index is 0. The first kappa shape index (κ1) is 77.4. The van der Waals surface area contributed by atoms with E-state index in [1.807, 2.05) is 87.3 Å². The van der Waals surface area contributed by atoms with Gasteiger partial charge in [0.15, 0.2) is 11.6 Å². The molecule has 9 aromatic rings. The number of Topliss-reactive ketones (excluding diaryl/α,β-unsaturated/α-hetero) is 1. The third kappa shape index (κ3) is 14.6. The number of ketones is 1. The Kier molecular flexibility index (Phi) is 23.5. The van der Waals surface area contributed by atoms with Gasteiger partial charge in [-0.25, -0.2) is 27.2 Å². The number of carbonyl (C=O) groups is 1. The van der Waals surface area contributed by atoms with E-state index < -0.39 is 29.2 Å². The third-order valence-corrected chi connectivity index (χ3v) is 22.6. The van der Waals surface area contributed by atoms with Gasteiger partial charge in [-0.15, -0.1) is 39.5 Å². The first-order valence-electron chi connectivity index (χ1n) is 36.6. The Labute approximate surface area is 632 Å². The molecule has 0 bridgehead atoms. The summed E-state index contributed by atoms with van der Waals surface area (Å²) in [6.45, 7) is 22.5. The summed E-state index contributed by atoms with van der Waals surface area (Å²) in [6, 6.07) is 50.7. The average Bonchev–Trinajstić information content (AvgIpc) is 1.45. The Bertz CT molecular complexity index is 4560. The number of aliphatic hydroxyl groups excluding tert-OH is 2. The number of allylic oxidation sites excluding steroid dienone is 1. The molecule has 2 saturated heterocycles. The quantitative estimate of drug-likeness (QED) is 0.0896. The summed E-state index contributed by atoms with van der Waals surface area (Å²) in [7, 11) is 0. The Morgan fingerprint density at radius 1 is 0.426 bits per heavy atom. The molecule has 5 heterocycles. The number of benzene rings is 6. The van der Waals surface area contributed by atoms with Crippen LogP contribution in [0.4, 0.5) is 13.2 Å². The molecule has 6 aliphatic carbocycles. The highest BCUT2D eigenvalue weighted by atomic mass is 19.1. The highest BCUT2D eigenvalue weighted by Crippen LogP contribution is 2.62. The standard InChI is InChI=1S/2C30H29FN2O2.C24H21FN2O.C6H10O2.2CH4/c2*1-3-27-28(4-2)35-30(34-27)16-8-11-23-17-26-22(19-29(23,30)18-21-9-6-5-7-10-21)20-32-33(26)25-14-12-24(31)13-15-25;25-20-9-11-21(12-10-20)27-22-13-19-7-4-8-23(28)24(19,15-18(22)16-26-27)14-17-5-2-1-3-6-17;1-3-5(7)6(8)4-2;;/h2*3-7,9-10,12-15,17,20,27-28H,1-2,8,11,16,18-19H2;1-3,5-6,9-13,16H,4,7-8,14-15H2;3-8H,1-2H2;2*1H4/t2*27-,28-,29+;24-;5-,6-;;/m1101../s1. The number of rotatable bonds is 16. The molecule has 16 heteroatoms. The van der Waals surface area contributed by atoms with E-state index in [0.717, 1.165) is 134 Å². The van der Waals surface area contributed by atoms with Crippen LogP contribution in [0.1, 0.15) is 123 Å². The van der Waals surface area contributed by atoms with Crippen molar-refractivity contribution in [2.45, 2.75) is 159 Å². The lowest BCUT2D eigenvalue weighted by atomic mass is 9.58. The van der Waals surface area contributed by atoms with E-state index >= 15 is 0 Å². The molecule has 2 N–H and O–H groups in total. The van der Waals surface area contributed by atoms with Crippen LogP contribution in [0.25, 0.3) is 35.3 Å². The van der Waals surface area contributed by atoms with Crippen LogP contribution in [0.15, 0.2) is 275 Å². The van der Waals surface area contributed by atoms with Gasteiger partial charge in [0.1, 0.15) is 59.9 Å². The van der Waals surface area contributed by atoms with Crippen molar-refractivity contribution in [3.05, 3.63) is 343 Å². The van der Waals surface area contributed by atoms with E-state index in [9.17, 15) is 18.0 Å². The molecule has 2 spiro atoms. The molecule has 558 valence electrons.